The van der Waals surface area contributed by atoms with Gasteiger partial charge in [-0.3, -0.25) is 14.7 Å². The van der Waals surface area contributed by atoms with Crippen molar-refractivity contribution in [2.45, 2.75) is 44.2 Å². The normalized spacial score (nSPS) is 17.5. The van der Waals surface area contributed by atoms with Gasteiger partial charge in [-0.05, 0) is 43.4 Å². The van der Waals surface area contributed by atoms with Crippen LogP contribution >= 0.6 is 0 Å². The molecule has 1 saturated carbocycles. The Bertz CT molecular complexity index is 1090. The predicted octanol–water partition coefficient (Wildman–Crippen LogP) is 2.19. The van der Waals surface area contributed by atoms with Crippen LogP contribution in [0.3, 0.4) is 0 Å². The largest absolute Gasteiger partial charge is 0.331 e. The lowest BCUT2D eigenvalue weighted by molar-refractivity contribution is -0.114. The zero-order chi connectivity index (χ0) is 20.2. The molecule has 4 rings (SSSR count). The Hall–Kier alpha value is -2.68. The van der Waals surface area contributed by atoms with Crippen LogP contribution in [0.4, 0.5) is 5.82 Å². The number of fused-ring (bicyclic) bond motifs is 1. The second-order valence-electron chi connectivity index (χ2n) is 7.64. The fourth-order valence-electron chi connectivity index (χ4n) is 3.76. The van der Waals surface area contributed by atoms with E-state index in [0.717, 1.165) is 19.1 Å². The molecule has 1 atom stereocenters. The molecule has 0 spiro atoms. The zero-order valence-corrected chi connectivity index (χ0v) is 16.8. The summed E-state index contributed by atoms with van der Waals surface area (Å²) in [7, 11) is -3.61. The van der Waals surface area contributed by atoms with E-state index in [-0.39, 0.29) is 28.3 Å². The number of sulfone groups is 1. The molecule has 1 fully saturated rings. The quantitative estimate of drug-likeness (QED) is 0.796. The molecule has 0 unspecified atom stereocenters. The van der Waals surface area contributed by atoms with E-state index in [1.54, 1.807) is 11.0 Å². The number of aromatic nitrogens is 2. The molecular formula is C19H22N4O4S. The van der Waals surface area contributed by atoms with Gasteiger partial charge in [0.25, 0.3) is 5.91 Å². The molecule has 1 aromatic carbocycles. The van der Waals surface area contributed by atoms with Gasteiger partial charge < -0.3 is 10.2 Å². The number of anilines is 1. The van der Waals surface area contributed by atoms with Gasteiger partial charge in [0, 0.05) is 37.4 Å². The van der Waals surface area contributed by atoms with Gasteiger partial charge in [-0.2, -0.15) is 5.10 Å². The molecule has 8 nitrogen and oxygen atoms in total. The topological polar surface area (TPSA) is 112 Å². The molecule has 2 amide bonds. The van der Waals surface area contributed by atoms with Crippen molar-refractivity contribution < 1.29 is 18.0 Å². The number of hydrogen-bond acceptors (Lipinski definition) is 5. The van der Waals surface area contributed by atoms with Gasteiger partial charge in [-0.1, -0.05) is 0 Å². The molecule has 1 aliphatic carbocycles. The van der Waals surface area contributed by atoms with Gasteiger partial charge in [0.2, 0.25) is 5.91 Å². The number of hydrogen-bond donors (Lipinski definition) is 2. The first-order chi connectivity index (χ1) is 13.1. The molecule has 0 radical (unpaired) electrons. The summed E-state index contributed by atoms with van der Waals surface area (Å²) in [5.41, 5.74) is 2.15. The highest BCUT2D eigenvalue weighted by Crippen LogP contribution is 2.40. The summed E-state index contributed by atoms with van der Waals surface area (Å²) >= 11 is 0. The number of benzene rings is 1. The lowest BCUT2D eigenvalue weighted by Crippen LogP contribution is -2.35. The summed E-state index contributed by atoms with van der Waals surface area (Å²) in [6.45, 7) is 3.80. The number of aromatic amines is 1. The van der Waals surface area contributed by atoms with Crippen molar-refractivity contribution in [2.24, 2.45) is 5.92 Å². The Labute approximate surface area is 163 Å². The zero-order valence-electron chi connectivity index (χ0n) is 15.9. The van der Waals surface area contributed by atoms with Crippen LogP contribution in [0.15, 0.2) is 23.1 Å². The number of nitrogens with one attached hydrogen (secondary N) is 2. The van der Waals surface area contributed by atoms with E-state index in [4.69, 9.17) is 0 Å². The van der Waals surface area contributed by atoms with E-state index < -0.39 is 9.84 Å². The summed E-state index contributed by atoms with van der Waals surface area (Å²) in [5, 5.41) is 9.42. The minimum absolute atomic E-state index is 0.0335. The molecule has 2 aliphatic rings. The van der Waals surface area contributed by atoms with Gasteiger partial charge in [0.15, 0.2) is 15.7 Å². The van der Waals surface area contributed by atoms with Gasteiger partial charge in [0.05, 0.1) is 16.2 Å². The van der Waals surface area contributed by atoms with E-state index in [0.29, 0.717) is 35.1 Å². The fourth-order valence-corrected chi connectivity index (χ4v) is 4.69. The number of nitrogens with zero attached hydrogens (tertiary/aromatic N) is 2. The standard InChI is InChI=1S/C19H22N4O4S/c1-10(12-4-5-12)23-9-14-6-13(15-8-17(22-21-15)20-11(2)24)7-16(28(3,26)27)18(14)19(23)25/h6-8,10,12H,4-5,9H2,1-3H3,(H2,20,21,22,24)/t10-/m0/s1. The van der Waals surface area contributed by atoms with Gasteiger partial charge in [-0.15, -0.1) is 0 Å². The molecule has 1 aromatic heterocycles. The second kappa shape index (κ2) is 6.44. The van der Waals surface area contributed by atoms with Crippen molar-refractivity contribution in [1.29, 1.82) is 0 Å². The number of rotatable bonds is 5. The third kappa shape index (κ3) is 3.30. The summed E-state index contributed by atoms with van der Waals surface area (Å²) in [4.78, 5) is 26.0. The third-order valence-corrected chi connectivity index (χ3v) is 6.51. The number of carbonyl (C=O) groups excluding carboxylic acids is 2. The van der Waals surface area contributed by atoms with Gasteiger partial charge in [0.1, 0.15) is 0 Å². The average Bonchev–Trinajstić information content (AvgIpc) is 3.27. The van der Waals surface area contributed by atoms with Crippen LogP contribution in [0.25, 0.3) is 11.3 Å². The van der Waals surface area contributed by atoms with Crippen molar-refractivity contribution in [3.8, 4) is 11.3 Å². The first kappa shape index (κ1) is 18.7. The van der Waals surface area contributed by atoms with Crippen LogP contribution < -0.4 is 5.32 Å². The maximum Gasteiger partial charge on any atom is 0.256 e. The fraction of sp³-hybridized carbons (Fsp3) is 0.421. The summed E-state index contributed by atoms with van der Waals surface area (Å²) in [5.74, 6) is 0.375. The van der Waals surface area contributed by atoms with Gasteiger partial charge in [-0.25, -0.2) is 8.42 Å². The molecule has 148 valence electrons. The van der Waals surface area contributed by atoms with E-state index in [2.05, 4.69) is 15.5 Å². The van der Waals surface area contributed by atoms with Crippen molar-refractivity contribution in [1.82, 2.24) is 15.1 Å². The first-order valence-corrected chi connectivity index (χ1v) is 11.1. The lowest BCUT2D eigenvalue weighted by Gasteiger charge is -2.24. The van der Waals surface area contributed by atoms with Crippen LogP contribution in [0, 0.1) is 5.92 Å². The highest BCUT2D eigenvalue weighted by Gasteiger charge is 2.40. The second-order valence-corrected chi connectivity index (χ2v) is 9.62. The molecule has 28 heavy (non-hydrogen) atoms. The monoisotopic (exact) mass is 402 g/mol. The maximum atomic E-state index is 13.0. The highest BCUT2D eigenvalue weighted by atomic mass is 32.2. The molecule has 0 bridgehead atoms. The molecule has 2 heterocycles. The van der Waals surface area contributed by atoms with Crippen LogP contribution in [0.2, 0.25) is 0 Å². The molecule has 1 aliphatic heterocycles. The molecule has 2 N–H and O–H groups in total. The minimum Gasteiger partial charge on any atom is -0.331 e. The Kier molecular flexibility index (Phi) is 4.29. The SMILES string of the molecule is CC(=O)Nc1cc(-c2cc3c(c(S(C)(=O)=O)c2)C(=O)N([C@@H](C)C2CC2)C3)[nH]n1. The Morgan fingerprint density at radius 1 is 1.32 bits per heavy atom. The Balaban J connectivity index is 1.78. The maximum absolute atomic E-state index is 13.0. The lowest BCUT2D eigenvalue weighted by atomic mass is 10.0. The van der Waals surface area contributed by atoms with E-state index >= 15 is 0 Å². The molecule has 2 aromatic rings. The number of amides is 2. The molecular weight excluding hydrogens is 380 g/mol. The Morgan fingerprint density at radius 3 is 2.64 bits per heavy atom. The predicted molar refractivity (Wildman–Crippen MR) is 103 cm³/mol. The average molecular weight is 402 g/mol. The molecule has 9 heteroatoms. The van der Waals surface area contributed by atoms with Crippen molar-refractivity contribution >= 4 is 27.5 Å². The minimum atomic E-state index is -3.61. The van der Waals surface area contributed by atoms with Crippen molar-refractivity contribution in [2.75, 3.05) is 11.6 Å². The van der Waals surface area contributed by atoms with Crippen molar-refractivity contribution in [3.05, 3.63) is 29.3 Å². The number of carbonyl (C=O) groups is 2. The van der Waals surface area contributed by atoms with Gasteiger partial charge >= 0.3 is 0 Å². The van der Waals surface area contributed by atoms with Crippen LogP contribution in [0.5, 0.6) is 0 Å². The smallest absolute Gasteiger partial charge is 0.256 e. The summed E-state index contributed by atoms with van der Waals surface area (Å²) < 4.78 is 24.9. The van der Waals surface area contributed by atoms with Crippen LogP contribution in [-0.2, 0) is 21.2 Å². The van der Waals surface area contributed by atoms with Crippen molar-refractivity contribution in [3.63, 3.8) is 0 Å². The van der Waals surface area contributed by atoms with Crippen LogP contribution in [-0.4, -0.2) is 47.6 Å². The van der Waals surface area contributed by atoms with Crippen LogP contribution in [0.1, 0.15) is 42.6 Å². The first-order valence-electron chi connectivity index (χ1n) is 9.16. The van der Waals surface area contributed by atoms with E-state index in [1.165, 1.54) is 13.0 Å². The van der Waals surface area contributed by atoms with E-state index in [1.807, 2.05) is 13.0 Å². The highest BCUT2D eigenvalue weighted by molar-refractivity contribution is 7.90. The molecule has 0 saturated heterocycles. The summed E-state index contributed by atoms with van der Waals surface area (Å²) in [6.07, 6.45) is 3.32. The number of H-pyrrole nitrogens is 1. The van der Waals surface area contributed by atoms with E-state index in [9.17, 15) is 18.0 Å². The third-order valence-electron chi connectivity index (χ3n) is 5.39. The summed E-state index contributed by atoms with van der Waals surface area (Å²) in [6, 6.07) is 5.06. The Morgan fingerprint density at radius 2 is 2.04 bits per heavy atom.